The molecule has 2 aliphatic carbocycles. The van der Waals surface area contributed by atoms with Gasteiger partial charge < -0.3 is 10.6 Å². The Kier molecular flexibility index (Phi) is 3.17. The molecule has 2 saturated carbocycles. The summed E-state index contributed by atoms with van der Waals surface area (Å²) >= 11 is 0. The zero-order chi connectivity index (χ0) is 10.8. The van der Waals surface area contributed by atoms with Crippen molar-refractivity contribution in [3.8, 4) is 0 Å². The second-order valence-electron chi connectivity index (χ2n) is 4.82. The number of hydrogen-bond acceptors (Lipinski definition) is 1. The minimum atomic E-state index is 0.552. The highest BCUT2D eigenvalue weighted by atomic mass is 15.3. The first-order chi connectivity index (χ1) is 7.26. The number of hydrogen-bond donors (Lipinski definition) is 1. The Hall–Kier alpha value is -0.730. The normalized spacial score (nSPS) is 31.2. The fourth-order valence-electron chi connectivity index (χ4n) is 2.52. The van der Waals surface area contributed by atoms with Crippen LogP contribution in [0.4, 0.5) is 0 Å². The van der Waals surface area contributed by atoms with Gasteiger partial charge in [0.1, 0.15) is 0 Å². The molecule has 2 N–H and O–H groups in total. The van der Waals surface area contributed by atoms with E-state index >= 15 is 0 Å². The predicted octanol–water partition coefficient (Wildman–Crippen LogP) is 1.83. The lowest BCUT2D eigenvalue weighted by Crippen LogP contribution is -2.37. The standard InChI is InChI=1S/C12H23N3/c1-3-15(4-2)12(13)14-11-8-10(11)9-6-5-7-9/h9-11H,3-8H2,1-2H3,(H2,13,14)/t10-,11+/m0/s1. The van der Waals surface area contributed by atoms with Crippen molar-refractivity contribution in [2.24, 2.45) is 22.6 Å². The average molecular weight is 209 g/mol. The summed E-state index contributed by atoms with van der Waals surface area (Å²) in [7, 11) is 0. The van der Waals surface area contributed by atoms with Crippen molar-refractivity contribution in [3.63, 3.8) is 0 Å². The lowest BCUT2D eigenvalue weighted by molar-refractivity contribution is 0.273. The molecule has 3 heteroatoms. The molecular weight excluding hydrogens is 186 g/mol. The molecule has 0 spiro atoms. The van der Waals surface area contributed by atoms with Crippen LogP contribution in [0.2, 0.25) is 0 Å². The Morgan fingerprint density at radius 1 is 1.33 bits per heavy atom. The van der Waals surface area contributed by atoms with Crippen molar-refractivity contribution in [1.82, 2.24) is 4.90 Å². The van der Waals surface area contributed by atoms with Crippen molar-refractivity contribution in [2.45, 2.75) is 45.6 Å². The van der Waals surface area contributed by atoms with Crippen molar-refractivity contribution >= 4 is 5.96 Å². The van der Waals surface area contributed by atoms with Gasteiger partial charge in [-0.15, -0.1) is 0 Å². The van der Waals surface area contributed by atoms with Crippen LogP contribution in [0.25, 0.3) is 0 Å². The molecule has 0 aromatic heterocycles. The van der Waals surface area contributed by atoms with Gasteiger partial charge in [-0.05, 0) is 32.1 Å². The maximum Gasteiger partial charge on any atom is 0.191 e. The molecule has 15 heavy (non-hydrogen) atoms. The minimum Gasteiger partial charge on any atom is -0.370 e. The van der Waals surface area contributed by atoms with Gasteiger partial charge in [0.25, 0.3) is 0 Å². The Morgan fingerprint density at radius 3 is 2.47 bits per heavy atom. The summed E-state index contributed by atoms with van der Waals surface area (Å²) in [5.74, 6) is 2.60. The molecule has 2 fully saturated rings. The lowest BCUT2D eigenvalue weighted by atomic mass is 9.81. The number of nitrogens with two attached hydrogens (primary N) is 1. The van der Waals surface area contributed by atoms with Crippen LogP contribution in [0.5, 0.6) is 0 Å². The van der Waals surface area contributed by atoms with Gasteiger partial charge >= 0.3 is 0 Å². The van der Waals surface area contributed by atoms with Crippen LogP contribution < -0.4 is 5.73 Å². The highest BCUT2D eigenvalue weighted by Gasteiger charge is 2.45. The second-order valence-corrected chi connectivity index (χ2v) is 4.82. The van der Waals surface area contributed by atoms with Gasteiger partial charge in [0.05, 0.1) is 6.04 Å². The summed E-state index contributed by atoms with van der Waals surface area (Å²) in [4.78, 5) is 6.77. The van der Waals surface area contributed by atoms with E-state index in [0.29, 0.717) is 6.04 Å². The van der Waals surface area contributed by atoms with Gasteiger partial charge in [0.2, 0.25) is 0 Å². The van der Waals surface area contributed by atoms with Gasteiger partial charge in [-0.3, -0.25) is 0 Å². The monoisotopic (exact) mass is 209 g/mol. The molecular formula is C12H23N3. The molecule has 0 saturated heterocycles. The van der Waals surface area contributed by atoms with E-state index in [0.717, 1.165) is 30.9 Å². The zero-order valence-corrected chi connectivity index (χ0v) is 9.95. The van der Waals surface area contributed by atoms with E-state index in [-0.39, 0.29) is 0 Å². The van der Waals surface area contributed by atoms with E-state index < -0.39 is 0 Å². The topological polar surface area (TPSA) is 41.6 Å². The van der Waals surface area contributed by atoms with E-state index in [2.05, 4.69) is 23.7 Å². The van der Waals surface area contributed by atoms with E-state index in [9.17, 15) is 0 Å². The number of guanidine groups is 1. The van der Waals surface area contributed by atoms with Gasteiger partial charge in [-0.25, -0.2) is 4.99 Å². The Labute approximate surface area is 92.7 Å². The summed E-state index contributed by atoms with van der Waals surface area (Å²) in [5, 5.41) is 0. The van der Waals surface area contributed by atoms with Gasteiger partial charge in [0.15, 0.2) is 5.96 Å². The van der Waals surface area contributed by atoms with Crippen molar-refractivity contribution in [3.05, 3.63) is 0 Å². The van der Waals surface area contributed by atoms with Crippen molar-refractivity contribution in [2.75, 3.05) is 13.1 Å². The van der Waals surface area contributed by atoms with E-state index in [1.54, 1.807) is 0 Å². The summed E-state index contributed by atoms with van der Waals surface area (Å²) in [6, 6.07) is 0.552. The molecule has 0 amide bonds. The minimum absolute atomic E-state index is 0.552. The zero-order valence-electron chi connectivity index (χ0n) is 9.95. The molecule has 0 aliphatic heterocycles. The summed E-state index contributed by atoms with van der Waals surface area (Å²) in [6.45, 7) is 6.18. The van der Waals surface area contributed by atoms with Gasteiger partial charge in [0, 0.05) is 13.1 Å². The molecule has 0 radical (unpaired) electrons. The quantitative estimate of drug-likeness (QED) is 0.567. The first kappa shape index (κ1) is 10.8. The molecule has 0 bridgehead atoms. The predicted molar refractivity (Wildman–Crippen MR) is 63.8 cm³/mol. The Bertz CT molecular complexity index is 241. The van der Waals surface area contributed by atoms with Crippen LogP contribution in [-0.2, 0) is 0 Å². The van der Waals surface area contributed by atoms with Crippen LogP contribution in [0, 0.1) is 11.8 Å². The van der Waals surface area contributed by atoms with Crippen LogP contribution in [0.15, 0.2) is 4.99 Å². The molecule has 2 rings (SSSR count). The first-order valence-corrected chi connectivity index (χ1v) is 6.34. The third-order valence-corrected chi connectivity index (χ3v) is 3.95. The van der Waals surface area contributed by atoms with E-state index in [4.69, 9.17) is 5.73 Å². The third-order valence-electron chi connectivity index (χ3n) is 3.95. The largest absolute Gasteiger partial charge is 0.370 e. The highest BCUT2D eigenvalue weighted by Crippen LogP contribution is 2.48. The number of aliphatic imine (C=N–C) groups is 1. The second kappa shape index (κ2) is 4.42. The van der Waals surface area contributed by atoms with Crippen LogP contribution >= 0.6 is 0 Å². The fourth-order valence-corrected chi connectivity index (χ4v) is 2.52. The molecule has 0 unspecified atom stereocenters. The molecule has 0 aromatic carbocycles. The smallest absolute Gasteiger partial charge is 0.191 e. The molecule has 2 atom stereocenters. The maximum absolute atomic E-state index is 5.98. The lowest BCUT2D eigenvalue weighted by Gasteiger charge is -2.25. The van der Waals surface area contributed by atoms with Crippen LogP contribution in [-0.4, -0.2) is 30.0 Å². The van der Waals surface area contributed by atoms with Crippen molar-refractivity contribution < 1.29 is 0 Å². The summed E-state index contributed by atoms with van der Waals surface area (Å²) in [5.41, 5.74) is 5.98. The Balaban J connectivity index is 1.82. The first-order valence-electron chi connectivity index (χ1n) is 6.34. The molecule has 86 valence electrons. The summed E-state index contributed by atoms with van der Waals surface area (Å²) < 4.78 is 0. The molecule has 0 aromatic rings. The van der Waals surface area contributed by atoms with Gasteiger partial charge in [-0.1, -0.05) is 19.3 Å². The molecule has 3 nitrogen and oxygen atoms in total. The van der Waals surface area contributed by atoms with Crippen LogP contribution in [0.3, 0.4) is 0 Å². The maximum atomic E-state index is 5.98. The fraction of sp³-hybridized carbons (Fsp3) is 0.917. The molecule has 2 aliphatic rings. The van der Waals surface area contributed by atoms with Gasteiger partial charge in [-0.2, -0.15) is 0 Å². The van der Waals surface area contributed by atoms with Crippen molar-refractivity contribution in [1.29, 1.82) is 0 Å². The number of rotatable bonds is 4. The number of nitrogens with zero attached hydrogens (tertiary/aromatic N) is 2. The van der Waals surface area contributed by atoms with E-state index in [1.165, 1.54) is 25.7 Å². The summed E-state index contributed by atoms with van der Waals surface area (Å²) in [6.07, 6.45) is 5.58. The van der Waals surface area contributed by atoms with Crippen LogP contribution in [0.1, 0.15) is 39.5 Å². The Morgan fingerprint density at radius 2 is 2.00 bits per heavy atom. The average Bonchev–Trinajstić information content (AvgIpc) is 2.83. The third kappa shape index (κ3) is 2.27. The molecule has 0 heterocycles. The highest BCUT2D eigenvalue weighted by molar-refractivity contribution is 5.78. The SMILES string of the molecule is CCN(CC)C(N)=N[C@@H]1C[C@H]1C1CCC1. The van der Waals surface area contributed by atoms with E-state index in [1.807, 2.05) is 0 Å².